The van der Waals surface area contributed by atoms with Gasteiger partial charge in [0.15, 0.2) is 11.1 Å². The lowest BCUT2D eigenvalue weighted by Gasteiger charge is -2.19. The first-order chi connectivity index (χ1) is 11.3. The number of nitrogens with zero attached hydrogens (tertiary/aromatic N) is 4. The summed E-state index contributed by atoms with van der Waals surface area (Å²) in [5, 5.41) is 15.8. The van der Waals surface area contributed by atoms with Crippen molar-refractivity contribution in [2.75, 3.05) is 19.5 Å². The van der Waals surface area contributed by atoms with E-state index in [0.717, 1.165) is 0 Å². The van der Waals surface area contributed by atoms with Gasteiger partial charge in [0.05, 0.1) is 26.1 Å². The van der Waals surface area contributed by atoms with Gasteiger partial charge in [-0.3, -0.25) is 9.48 Å². The Morgan fingerprint density at radius 2 is 1.79 bits per heavy atom. The van der Waals surface area contributed by atoms with E-state index in [1.54, 1.807) is 0 Å². The van der Waals surface area contributed by atoms with E-state index in [1.165, 1.54) is 51.5 Å². The minimum atomic E-state index is -1.26. The molecule has 2 N–H and O–H groups in total. The third-order valence-corrected chi connectivity index (χ3v) is 3.33. The molecule has 0 aliphatic heterocycles. The average molecular weight is 335 g/mol. The van der Waals surface area contributed by atoms with Crippen molar-refractivity contribution in [1.82, 2.24) is 19.7 Å². The van der Waals surface area contributed by atoms with E-state index >= 15 is 0 Å². The first kappa shape index (κ1) is 17.2. The molecule has 2 aromatic heterocycles. The fourth-order valence-electron chi connectivity index (χ4n) is 1.84. The number of hydrogen-bond donors (Lipinski definition) is 2. The second-order valence-corrected chi connectivity index (χ2v) is 5.26. The SMILES string of the molecule is COc1ncnc(OC)c1C(=O)Nc1cnn(C(C)(C)C(=O)O)c1. The van der Waals surface area contributed by atoms with Gasteiger partial charge in [0.25, 0.3) is 5.91 Å². The van der Waals surface area contributed by atoms with Crippen LogP contribution in [0.25, 0.3) is 0 Å². The van der Waals surface area contributed by atoms with Crippen LogP contribution in [0.15, 0.2) is 18.7 Å². The second-order valence-electron chi connectivity index (χ2n) is 5.26. The number of carboxylic acid groups (broad SMARTS) is 1. The van der Waals surface area contributed by atoms with Gasteiger partial charge in [0.1, 0.15) is 6.33 Å². The molecule has 0 aromatic carbocycles. The van der Waals surface area contributed by atoms with Crippen LogP contribution in [-0.4, -0.2) is 51.0 Å². The van der Waals surface area contributed by atoms with Gasteiger partial charge >= 0.3 is 5.97 Å². The Bertz CT molecular complexity index is 748. The van der Waals surface area contributed by atoms with Crippen LogP contribution in [0, 0.1) is 0 Å². The van der Waals surface area contributed by atoms with E-state index in [-0.39, 0.29) is 17.3 Å². The number of aliphatic carboxylic acids is 1. The highest BCUT2D eigenvalue weighted by Gasteiger charge is 2.30. The van der Waals surface area contributed by atoms with Crippen molar-refractivity contribution < 1.29 is 24.2 Å². The molecular formula is C14H17N5O5. The zero-order valence-electron chi connectivity index (χ0n) is 13.6. The second kappa shape index (κ2) is 6.52. The first-order valence-corrected chi connectivity index (χ1v) is 6.84. The fourth-order valence-corrected chi connectivity index (χ4v) is 1.84. The van der Waals surface area contributed by atoms with Crippen LogP contribution in [-0.2, 0) is 10.3 Å². The summed E-state index contributed by atoms with van der Waals surface area (Å²) in [5.41, 5.74) is -0.927. The monoisotopic (exact) mass is 335 g/mol. The Balaban J connectivity index is 2.29. The molecule has 0 aliphatic rings. The number of amides is 1. The summed E-state index contributed by atoms with van der Waals surface area (Å²) in [6.07, 6.45) is 3.96. The maximum Gasteiger partial charge on any atom is 0.331 e. The zero-order valence-corrected chi connectivity index (χ0v) is 13.6. The Hall–Kier alpha value is -3.17. The highest BCUT2D eigenvalue weighted by molar-refractivity contribution is 6.07. The summed E-state index contributed by atoms with van der Waals surface area (Å²) >= 11 is 0. The molecule has 0 fully saturated rings. The van der Waals surface area contributed by atoms with E-state index in [4.69, 9.17) is 9.47 Å². The maximum absolute atomic E-state index is 12.5. The number of carboxylic acids is 1. The van der Waals surface area contributed by atoms with Crippen molar-refractivity contribution >= 4 is 17.6 Å². The number of ether oxygens (including phenoxy) is 2. The quantitative estimate of drug-likeness (QED) is 0.792. The van der Waals surface area contributed by atoms with E-state index in [0.29, 0.717) is 5.69 Å². The van der Waals surface area contributed by atoms with Gasteiger partial charge in [-0.05, 0) is 13.8 Å². The van der Waals surface area contributed by atoms with Crippen molar-refractivity contribution in [3.63, 3.8) is 0 Å². The minimum Gasteiger partial charge on any atom is -0.480 e. The number of carbonyl (C=O) groups excluding carboxylic acids is 1. The first-order valence-electron chi connectivity index (χ1n) is 6.84. The van der Waals surface area contributed by atoms with Gasteiger partial charge in [0, 0.05) is 6.20 Å². The van der Waals surface area contributed by atoms with Crippen LogP contribution >= 0.6 is 0 Å². The van der Waals surface area contributed by atoms with Crippen LogP contribution in [0.4, 0.5) is 5.69 Å². The van der Waals surface area contributed by atoms with Gasteiger partial charge in [-0.25, -0.2) is 14.8 Å². The number of aromatic nitrogens is 4. The molecule has 0 unspecified atom stereocenters. The Kier molecular flexibility index (Phi) is 4.67. The molecule has 0 bridgehead atoms. The molecule has 128 valence electrons. The van der Waals surface area contributed by atoms with Gasteiger partial charge in [-0.1, -0.05) is 0 Å². The summed E-state index contributed by atoms with van der Waals surface area (Å²) in [7, 11) is 2.73. The fraction of sp³-hybridized carbons (Fsp3) is 0.357. The smallest absolute Gasteiger partial charge is 0.331 e. The molecule has 10 heteroatoms. The highest BCUT2D eigenvalue weighted by Crippen LogP contribution is 2.25. The predicted molar refractivity (Wildman–Crippen MR) is 82.3 cm³/mol. The van der Waals surface area contributed by atoms with E-state index in [2.05, 4.69) is 20.4 Å². The Labute approximate surface area is 137 Å². The Morgan fingerprint density at radius 1 is 1.21 bits per heavy atom. The standard InChI is InChI=1S/C14H17N5O5/c1-14(2,13(21)22)19-6-8(5-17-19)18-10(20)9-11(23-3)15-7-16-12(9)24-4/h5-7H,1-4H3,(H,18,20)(H,21,22). The maximum atomic E-state index is 12.5. The van der Waals surface area contributed by atoms with Crippen LogP contribution < -0.4 is 14.8 Å². The lowest BCUT2D eigenvalue weighted by atomic mass is 10.1. The van der Waals surface area contributed by atoms with Gasteiger partial charge in [0.2, 0.25) is 11.8 Å². The summed E-state index contributed by atoms with van der Waals surface area (Å²) in [6, 6.07) is 0. The number of anilines is 1. The molecule has 10 nitrogen and oxygen atoms in total. The molecule has 2 aromatic rings. The van der Waals surface area contributed by atoms with E-state index in [9.17, 15) is 14.7 Å². The molecule has 0 atom stereocenters. The van der Waals surface area contributed by atoms with Gasteiger partial charge in [-0.15, -0.1) is 0 Å². The Morgan fingerprint density at radius 3 is 2.29 bits per heavy atom. The van der Waals surface area contributed by atoms with Crippen LogP contribution in [0.5, 0.6) is 11.8 Å². The van der Waals surface area contributed by atoms with Crippen molar-refractivity contribution in [2.24, 2.45) is 0 Å². The average Bonchev–Trinajstić information content (AvgIpc) is 3.02. The molecule has 0 saturated heterocycles. The van der Waals surface area contributed by atoms with Crippen LogP contribution in [0.2, 0.25) is 0 Å². The topological polar surface area (TPSA) is 128 Å². The van der Waals surface area contributed by atoms with Crippen molar-refractivity contribution in [3.05, 3.63) is 24.3 Å². The largest absolute Gasteiger partial charge is 0.480 e. The molecule has 1 amide bonds. The molecule has 2 heterocycles. The molecule has 0 spiro atoms. The van der Waals surface area contributed by atoms with Crippen molar-refractivity contribution in [1.29, 1.82) is 0 Å². The van der Waals surface area contributed by atoms with Crippen molar-refractivity contribution in [2.45, 2.75) is 19.4 Å². The normalized spacial score (nSPS) is 11.0. The number of methoxy groups -OCH3 is 2. The zero-order chi connectivity index (χ0) is 17.9. The van der Waals surface area contributed by atoms with Crippen LogP contribution in [0.3, 0.4) is 0 Å². The lowest BCUT2D eigenvalue weighted by Crippen LogP contribution is -2.35. The number of nitrogens with one attached hydrogen (secondary N) is 1. The number of carbonyl (C=O) groups is 2. The lowest BCUT2D eigenvalue weighted by molar-refractivity contribution is -0.146. The number of rotatable bonds is 6. The highest BCUT2D eigenvalue weighted by atomic mass is 16.5. The van der Waals surface area contributed by atoms with Crippen LogP contribution in [0.1, 0.15) is 24.2 Å². The van der Waals surface area contributed by atoms with E-state index in [1.807, 2.05) is 0 Å². The summed E-state index contributed by atoms with van der Waals surface area (Å²) in [4.78, 5) is 31.4. The number of hydrogen-bond acceptors (Lipinski definition) is 7. The summed E-state index contributed by atoms with van der Waals surface area (Å²) < 4.78 is 11.3. The van der Waals surface area contributed by atoms with Gasteiger partial charge in [-0.2, -0.15) is 5.10 Å². The van der Waals surface area contributed by atoms with Gasteiger partial charge < -0.3 is 19.9 Å². The third kappa shape index (κ3) is 3.12. The predicted octanol–water partition coefficient (Wildman–Crippen LogP) is 0.762. The molecule has 0 saturated carbocycles. The summed E-state index contributed by atoms with van der Waals surface area (Å²) in [6.45, 7) is 2.98. The van der Waals surface area contributed by atoms with Crippen molar-refractivity contribution in [3.8, 4) is 11.8 Å². The molecule has 0 radical (unpaired) electrons. The molecule has 2 rings (SSSR count). The molecule has 24 heavy (non-hydrogen) atoms. The van der Waals surface area contributed by atoms with E-state index < -0.39 is 17.4 Å². The minimum absolute atomic E-state index is 0.0211. The summed E-state index contributed by atoms with van der Waals surface area (Å²) in [5.74, 6) is -1.52. The molecular weight excluding hydrogens is 318 g/mol. The molecule has 0 aliphatic carbocycles. The third-order valence-electron chi connectivity index (χ3n) is 3.33.